The molecule has 0 fully saturated rings. The van der Waals surface area contributed by atoms with Crippen molar-refractivity contribution in [1.82, 2.24) is 19.5 Å². The summed E-state index contributed by atoms with van der Waals surface area (Å²) in [6.07, 6.45) is 7.69. The van der Waals surface area contributed by atoms with Crippen molar-refractivity contribution >= 4 is 5.82 Å². The van der Waals surface area contributed by atoms with Crippen LogP contribution in [0, 0.1) is 5.82 Å². The molecule has 0 aliphatic rings. The van der Waals surface area contributed by atoms with Crippen LogP contribution in [-0.4, -0.2) is 26.1 Å². The van der Waals surface area contributed by atoms with E-state index in [-0.39, 0.29) is 17.1 Å². The first-order valence-electron chi connectivity index (χ1n) is 6.69. The van der Waals surface area contributed by atoms with Crippen molar-refractivity contribution in [2.45, 2.75) is 39.2 Å². The lowest BCUT2D eigenvalue weighted by Gasteiger charge is -2.19. The molecule has 2 heterocycles. The van der Waals surface area contributed by atoms with Gasteiger partial charge in [-0.05, 0) is 6.42 Å². The zero-order valence-electron chi connectivity index (χ0n) is 12.1. The predicted molar refractivity (Wildman–Crippen MR) is 76.0 cm³/mol. The number of aromatic nitrogens is 4. The minimum atomic E-state index is -0.359. The second-order valence-corrected chi connectivity index (χ2v) is 5.72. The van der Waals surface area contributed by atoms with Crippen LogP contribution in [-0.2, 0) is 12.0 Å². The van der Waals surface area contributed by atoms with Crippen molar-refractivity contribution in [3.63, 3.8) is 0 Å². The van der Waals surface area contributed by atoms with E-state index in [9.17, 15) is 4.39 Å². The number of hydrogen-bond donors (Lipinski definition) is 1. The molecule has 20 heavy (non-hydrogen) atoms. The Bertz CT molecular complexity index is 545. The summed E-state index contributed by atoms with van der Waals surface area (Å²) in [6.45, 7) is 7.28. The summed E-state index contributed by atoms with van der Waals surface area (Å²) in [5.74, 6) is -0.0850. The molecule has 0 bridgehead atoms. The summed E-state index contributed by atoms with van der Waals surface area (Å²) in [6, 6.07) is 0. The maximum atomic E-state index is 14.3. The Balaban J connectivity index is 1.93. The van der Waals surface area contributed by atoms with Gasteiger partial charge in [-0.2, -0.15) is 0 Å². The molecule has 0 aliphatic heterocycles. The topological polar surface area (TPSA) is 55.6 Å². The summed E-state index contributed by atoms with van der Waals surface area (Å²) in [5, 5.41) is 3.03. The molecule has 0 saturated heterocycles. The first kappa shape index (κ1) is 14.4. The zero-order chi connectivity index (χ0) is 14.6. The van der Waals surface area contributed by atoms with Crippen molar-refractivity contribution in [3.8, 4) is 0 Å². The minimum Gasteiger partial charge on any atom is -0.367 e. The Labute approximate surface area is 118 Å². The highest BCUT2D eigenvalue weighted by atomic mass is 19.1. The van der Waals surface area contributed by atoms with Gasteiger partial charge in [0, 0.05) is 30.9 Å². The summed E-state index contributed by atoms with van der Waals surface area (Å²) in [4.78, 5) is 12.0. The Hall–Kier alpha value is -1.98. The highest BCUT2D eigenvalue weighted by molar-refractivity contribution is 5.38. The van der Waals surface area contributed by atoms with E-state index in [1.54, 1.807) is 12.5 Å². The van der Waals surface area contributed by atoms with Crippen LogP contribution in [0.25, 0.3) is 0 Å². The second-order valence-electron chi connectivity index (χ2n) is 5.72. The summed E-state index contributed by atoms with van der Waals surface area (Å²) < 4.78 is 16.3. The van der Waals surface area contributed by atoms with E-state index in [4.69, 9.17) is 0 Å². The molecule has 0 unspecified atom stereocenters. The van der Waals surface area contributed by atoms with Crippen LogP contribution in [0.1, 0.15) is 32.9 Å². The third-order valence-corrected chi connectivity index (χ3v) is 2.94. The van der Waals surface area contributed by atoms with E-state index < -0.39 is 0 Å². The molecule has 0 atom stereocenters. The Morgan fingerprint density at radius 2 is 2.10 bits per heavy atom. The normalized spacial score (nSPS) is 11.6. The van der Waals surface area contributed by atoms with E-state index in [1.165, 1.54) is 6.33 Å². The molecule has 6 heteroatoms. The molecular formula is C14H20FN5. The first-order chi connectivity index (χ1) is 9.48. The molecule has 1 N–H and O–H groups in total. The van der Waals surface area contributed by atoms with Crippen molar-refractivity contribution in [2.75, 3.05) is 11.9 Å². The van der Waals surface area contributed by atoms with Crippen LogP contribution in [0.15, 0.2) is 25.0 Å². The monoisotopic (exact) mass is 277 g/mol. The van der Waals surface area contributed by atoms with Gasteiger partial charge < -0.3 is 9.88 Å². The van der Waals surface area contributed by atoms with Crippen molar-refractivity contribution < 1.29 is 4.39 Å². The fourth-order valence-electron chi connectivity index (χ4n) is 1.90. The van der Waals surface area contributed by atoms with Gasteiger partial charge in [0.1, 0.15) is 6.33 Å². The number of hydrogen-bond acceptors (Lipinski definition) is 4. The molecule has 0 saturated carbocycles. The molecule has 0 amide bonds. The maximum absolute atomic E-state index is 14.3. The second kappa shape index (κ2) is 5.98. The third-order valence-electron chi connectivity index (χ3n) is 2.94. The number of halogens is 1. The summed E-state index contributed by atoms with van der Waals surface area (Å²) in [7, 11) is 0. The molecular weight excluding hydrogens is 257 g/mol. The molecule has 2 aromatic heterocycles. The highest BCUT2D eigenvalue weighted by Gasteiger charge is 2.22. The van der Waals surface area contributed by atoms with Gasteiger partial charge in [0.05, 0.1) is 12.0 Å². The Morgan fingerprint density at radius 1 is 1.30 bits per heavy atom. The highest BCUT2D eigenvalue weighted by Crippen LogP contribution is 2.25. The van der Waals surface area contributed by atoms with Crippen LogP contribution >= 0.6 is 0 Å². The standard InChI is InChI=1S/C14H20FN5/c1-14(2,3)12-11(15)13(19-9-18-12)17-5-4-7-20-8-6-16-10-20/h6,8-10H,4-5,7H2,1-3H3,(H,17,18,19). The summed E-state index contributed by atoms with van der Waals surface area (Å²) in [5.41, 5.74) is 0.102. The average Bonchev–Trinajstić information content (AvgIpc) is 2.88. The molecule has 2 aromatic rings. The van der Waals surface area contributed by atoms with E-state index in [0.717, 1.165) is 13.0 Å². The van der Waals surface area contributed by atoms with Crippen LogP contribution in [0.5, 0.6) is 0 Å². The predicted octanol–water partition coefficient (Wildman–Crippen LogP) is 2.61. The maximum Gasteiger partial charge on any atom is 0.187 e. The molecule has 108 valence electrons. The van der Waals surface area contributed by atoms with Crippen molar-refractivity contribution in [1.29, 1.82) is 0 Å². The van der Waals surface area contributed by atoms with E-state index in [1.807, 2.05) is 31.5 Å². The molecule has 0 aromatic carbocycles. The first-order valence-corrected chi connectivity index (χ1v) is 6.69. The number of nitrogens with one attached hydrogen (secondary N) is 1. The van der Waals surface area contributed by atoms with Crippen LogP contribution in [0.2, 0.25) is 0 Å². The van der Waals surface area contributed by atoms with Gasteiger partial charge in [0.15, 0.2) is 11.6 Å². The van der Waals surface area contributed by atoms with Gasteiger partial charge in [-0.25, -0.2) is 19.3 Å². The fourth-order valence-corrected chi connectivity index (χ4v) is 1.90. The molecule has 2 rings (SSSR count). The van der Waals surface area contributed by atoms with E-state index in [0.29, 0.717) is 12.2 Å². The SMILES string of the molecule is CC(C)(C)c1ncnc(NCCCn2ccnc2)c1F. The van der Waals surface area contributed by atoms with Gasteiger partial charge in [0.2, 0.25) is 0 Å². The lowest BCUT2D eigenvalue weighted by Crippen LogP contribution is -2.18. The zero-order valence-corrected chi connectivity index (χ0v) is 12.1. The average molecular weight is 277 g/mol. The van der Waals surface area contributed by atoms with Crippen molar-refractivity contribution in [3.05, 3.63) is 36.6 Å². The summed E-state index contributed by atoms with van der Waals surface area (Å²) >= 11 is 0. The van der Waals surface area contributed by atoms with Gasteiger partial charge in [-0.3, -0.25) is 0 Å². The van der Waals surface area contributed by atoms with Gasteiger partial charge >= 0.3 is 0 Å². The molecule has 0 aliphatic carbocycles. The molecule has 5 nitrogen and oxygen atoms in total. The van der Waals surface area contributed by atoms with Gasteiger partial charge in [-0.15, -0.1) is 0 Å². The van der Waals surface area contributed by atoms with Crippen LogP contribution < -0.4 is 5.32 Å². The third kappa shape index (κ3) is 3.53. The number of anilines is 1. The smallest absolute Gasteiger partial charge is 0.187 e. The van der Waals surface area contributed by atoms with Gasteiger partial charge in [0.25, 0.3) is 0 Å². The number of aryl methyl sites for hydroxylation is 1. The van der Waals surface area contributed by atoms with Crippen LogP contribution in [0.3, 0.4) is 0 Å². The van der Waals surface area contributed by atoms with E-state index in [2.05, 4.69) is 20.3 Å². The van der Waals surface area contributed by atoms with Crippen LogP contribution in [0.4, 0.5) is 10.2 Å². The van der Waals surface area contributed by atoms with Gasteiger partial charge in [-0.1, -0.05) is 20.8 Å². The Kier molecular flexibility index (Phi) is 4.32. The molecule has 0 spiro atoms. The lowest BCUT2D eigenvalue weighted by atomic mass is 9.91. The van der Waals surface area contributed by atoms with E-state index >= 15 is 0 Å². The van der Waals surface area contributed by atoms with Crippen molar-refractivity contribution in [2.24, 2.45) is 0 Å². The quantitative estimate of drug-likeness (QED) is 0.854. The number of imidazole rings is 1. The number of rotatable bonds is 5. The fraction of sp³-hybridized carbons (Fsp3) is 0.500. The molecule has 0 radical (unpaired) electrons. The number of nitrogens with zero attached hydrogens (tertiary/aromatic N) is 4. The Morgan fingerprint density at radius 3 is 2.75 bits per heavy atom. The lowest BCUT2D eigenvalue weighted by molar-refractivity contribution is 0.499. The minimum absolute atomic E-state index is 0.274. The largest absolute Gasteiger partial charge is 0.367 e.